The van der Waals surface area contributed by atoms with Crippen LogP contribution in [0.2, 0.25) is 0 Å². The first-order valence-corrected chi connectivity index (χ1v) is 9.20. The largest absolute Gasteiger partial charge is 0.351 e. The minimum Gasteiger partial charge on any atom is -0.351 e. The normalized spacial score (nSPS) is 11.1. The van der Waals surface area contributed by atoms with E-state index in [1.807, 2.05) is 57.5 Å². The van der Waals surface area contributed by atoms with E-state index in [1.165, 1.54) is 12.1 Å². The Morgan fingerprint density at radius 3 is 2.57 bits per heavy atom. The van der Waals surface area contributed by atoms with E-state index in [-0.39, 0.29) is 0 Å². The molecule has 0 unspecified atom stereocenters. The molecule has 0 bridgehead atoms. The molecule has 2 nitrogen and oxygen atoms in total. The second-order valence-corrected chi connectivity index (χ2v) is 6.46. The van der Waals surface area contributed by atoms with Crippen molar-refractivity contribution in [1.29, 1.82) is 5.26 Å². The van der Waals surface area contributed by atoms with Crippen molar-refractivity contribution < 1.29 is 4.39 Å². The first kappa shape index (κ1) is 22.7. The minimum atomic E-state index is -0.432. The second kappa shape index (κ2) is 12.2. The molecule has 0 amide bonds. The van der Waals surface area contributed by atoms with E-state index in [0.717, 1.165) is 29.6 Å². The van der Waals surface area contributed by atoms with Crippen LogP contribution in [-0.2, 0) is 0 Å². The first-order chi connectivity index (χ1) is 13.4. The lowest BCUT2D eigenvalue weighted by atomic mass is 10.1. The molecule has 0 saturated carbocycles. The Balaban J connectivity index is 3.09. The zero-order valence-corrected chi connectivity index (χ0v) is 17.1. The lowest BCUT2D eigenvalue weighted by Gasteiger charge is -2.14. The van der Waals surface area contributed by atoms with Crippen molar-refractivity contribution >= 4 is 5.69 Å². The van der Waals surface area contributed by atoms with Crippen LogP contribution in [0.4, 0.5) is 10.1 Å². The molecular weight excluding hydrogens is 347 g/mol. The van der Waals surface area contributed by atoms with Crippen LogP contribution in [0.1, 0.15) is 39.2 Å². The Hall–Kier alpha value is -3.30. The maximum Gasteiger partial charge on any atom is 0.126 e. The average Bonchev–Trinajstić information content (AvgIpc) is 2.66. The molecule has 0 heterocycles. The van der Waals surface area contributed by atoms with Crippen LogP contribution in [0.25, 0.3) is 0 Å². The Morgan fingerprint density at radius 1 is 1.21 bits per heavy atom. The summed E-state index contributed by atoms with van der Waals surface area (Å²) in [7, 11) is 1.81. The summed E-state index contributed by atoms with van der Waals surface area (Å²) < 4.78 is 13.7. The number of hydrogen-bond donors (Lipinski definition) is 0. The third-order valence-electron chi connectivity index (χ3n) is 3.84. The summed E-state index contributed by atoms with van der Waals surface area (Å²) in [5.41, 5.74) is 3.95. The van der Waals surface area contributed by atoms with Crippen LogP contribution in [0.5, 0.6) is 0 Å². The topological polar surface area (TPSA) is 27.0 Å². The lowest BCUT2D eigenvalue weighted by Crippen LogP contribution is -2.08. The van der Waals surface area contributed by atoms with Crippen molar-refractivity contribution in [3.05, 3.63) is 89.5 Å². The molecule has 28 heavy (non-hydrogen) atoms. The van der Waals surface area contributed by atoms with Crippen molar-refractivity contribution in [2.24, 2.45) is 0 Å². The van der Waals surface area contributed by atoms with Crippen LogP contribution in [0.3, 0.4) is 0 Å². The van der Waals surface area contributed by atoms with Crippen LogP contribution in [0.15, 0.2) is 78.1 Å². The van der Waals surface area contributed by atoms with Gasteiger partial charge in [-0.25, -0.2) is 4.39 Å². The summed E-state index contributed by atoms with van der Waals surface area (Å²) in [4.78, 5) is 1.77. The molecule has 1 rings (SSSR count). The van der Waals surface area contributed by atoms with Gasteiger partial charge in [0.2, 0.25) is 0 Å². The molecule has 0 N–H and O–H groups in total. The number of nitrogens with zero attached hydrogens (tertiary/aromatic N) is 2. The average molecular weight is 375 g/mol. The Kier molecular flexibility index (Phi) is 9.87. The Labute approximate surface area is 168 Å². The first-order valence-electron chi connectivity index (χ1n) is 9.20. The summed E-state index contributed by atoms with van der Waals surface area (Å²) in [5, 5.41) is 9.01. The molecule has 0 aliphatic heterocycles. The molecule has 144 valence electrons. The van der Waals surface area contributed by atoms with Crippen LogP contribution >= 0.6 is 0 Å². The van der Waals surface area contributed by atoms with Crippen molar-refractivity contribution in [2.45, 2.75) is 33.6 Å². The van der Waals surface area contributed by atoms with Gasteiger partial charge in [0.15, 0.2) is 0 Å². The van der Waals surface area contributed by atoms with Crippen LogP contribution in [-0.4, -0.2) is 7.05 Å². The number of halogens is 1. The third kappa shape index (κ3) is 7.94. The van der Waals surface area contributed by atoms with Gasteiger partial charge in [0.05, 0.1) is 11.6 Å². The molecule has 0 aliphatic carbocycles. The fourth-order valence-electron chi connectivity index (χ4n) is 2.30. The quantitative estimate of drug-likeness (QED) is 0.405. The Morgan fingerprint density at radius 2 is 1.96 bits per heavy atom. The highest BCUT2D eigenvalue weighted by molar-refractivity contribution is 5.55. The summed E-state index contributed by atoms with van der Waals surface area (Å²) in [6, 6.07) is 6.23. The smallest absolute Gasteiger partial charge is 0.126 e. The van der Waals surface area contributed by atoms with Gasteiger partial charge in [0, 0.05) is 30.1 Å². The molecule has 0 atom stereocenters. The van der Waals surface area contributed by atoms with Crippen LogP contribution < -0.4 is 4.90 Å². The number of rotatable bonds is 7. The Bertz CT molecular complexity index is 908. The number of allylic oxidation sites excluding steroid dienone is 8. The van der Waals surface area contributed by atoms with E-state index in [0.29, 0.717) is 11.3 Å². The summed E-state index contributed by atoms with van der Waals surface area (Å²) in [6.07, 6.45) is 13.2. The van der Waals surface area contributed by atoms with E-state index in [1.54, 1.807) is 17.0 Å². The van der Waals surface area contributed by atoms with Gasteiger partial charge in [-0.3, -0.25) is 0 Å². The van der Waals surface area contributed by atoms with E-state index >= 15 is 0 Å². The predicted octanol–water partition coefficient (Wildman–Crippen LogP) is 6.46. The standard InChI is InChI=1S/C25H27FN2/c1-6-8-9-11-21(10-7-2)12-13-23(20(3)4)14-15-28(5)25-17-22(19-27)16-24(26)18-25/h6,8-9,11,14-18H,1,7,10H2,2-5H3/b9-8-,15-14-,21-11+. The zero-order valence-electron chi connectivity index (χ0n) is 17.1. The third-order valence-corrected chi connectivity index (χ3v) is 3.84. The van der Waals surface area contributed by atoms with Gasteiger partial charge in [-0.15, -0.1) is 0 Å². The van der Waals surface area contributed by atoms with Gasteiger partial charge < -0.3 is 4.90 Å². The van der Waals surface area contributed by atoms with Crippen molar-refractivity contribution in [1.82, 2.24) is 0 Å². The van der Waals surface area contributed by atoms with E-state index in [4.69, 9.17) is 5.26 Å². The monoisotopic (exact) mass is 374 g/mol. The summed E-state index contributed by atoms with van der Waals surface area (Å²) in [5.74, 6) is 6.05. The van der Waals surface area contributed by atoms with Gasteiger partial charge in [0.1, 0.15) is 5.82 Å². The SMILES string of the molecule is C=C/C=C\C=C(\C#CC(/C=C\N(C)c1cc(F)cc(C#N)c1)=C(C)C)CCC. The molecule has 0 saturated heterocycles. The highest BCUT2D eigenvalue weighted by Gasteiger charge is 2.03. The van der Waals surface area contributed by atoms with Crippen molar-refractivity contribution in [3.8, 4) is 17.9 Å². The van der Waals surface area contributed by atoms with Crippen molar-refractivity contribution in [3.63, 3.8) is 0 Å². The highest BCUT2D eigenvalue weighted by atomic mass is 19.1. The minimum absolute atomic E-state index is 0.291. The molecule has 0 fully saturated rings. The molecule has 0 radical (unpaired) electrons. The van der Waals surface area contributed by atoms with Gasteiger partial charge in [-0.1, -0.05) is 61.6 Å². The van der Waals surface area contributed by atoms with Gasteiger partial charge >= 0.3 is 0 Å². The van der Waals surface area contributed by atoms with Crippen LogP contribution in [0, 0.1) is 29.0 Å². The number of anilines is 1. The van der Waals surface area contributed by atoms with Crippen molar-refractivity contribution in [2.75, 3.05) is 11.9 Å². The highest BCUT2D eigenvalue weighted by Crippen LogP contribution is 2.18. The molecule has 1 aromatic rings. The molecule has 0 aromatic heterocycles. The fourth-order valence-corrected chi connectivity index (χ4v) is 2.30. The van der Waals surface area contributed by atoms with Gasteiger partial charge in [-0.05, 0) is 44.5 Å². The molecular formula is C25H27FN2. The molecule has 3 heteroatoms. The maximum absolute atomic E-state index is 13.7. The fraction of sp³-hybridized carbons (Fsp3) is 0.240. The van der Waals surface area contributed by atoms with E-state index in [9.17, 15) is 4.39 Å². The summed E-state index contributed by atoms with van der Waals surface area (Å²) in [6.45, 7) is 9.80. The number of hydrogen-bond acceptors (Lipinski definition) is 2. The molecule has 1 aromatic carbocycles. The number of benzene rings is 1. The second-order valence-electron chi connectivity index (χ2n) is 6.46. The van der Waals surface area contributed by atoms with E-state index in [2.05, 4.69) is 25.3 Å². The van der Waals surface area contributed by atoms with Gasteiger partial charge in [0.25, 0.3) is 0 Å². The molecule has 0 spiro atoms. The van der Waals surface area contributed by atoms with Gasteiger partial charge in [-0.2, -0.15) is 5.26 Å². The number of nitriles is 1. The summed E-state index contributed by atoms with van der Waals surface area (Å²) >= 11 is 0. The zero-order chi connectivity index (χ0) is 20.9. The predicted molar refractivity (Wildman–Crippen MR) is 117 cm³/mol. The lowest BCUT2D eigenvalue weighted by molar-refractivity contribution is 0.627. The molecule has 0 aliphatic rings. The van der Waals surface area contributed by atoms with E-state index < -0.39 is 5.82 Å². The maximum atomic E-state index is 13.7.